The molecule has 1 aromatic rings. The quantitative estimate of drug-likeness (QED) is 0.700. The van der Waals surface area contributed by atoms with Crippen molar-refractivity contribution in [2.45, 2.75) is 37.0 Å². The van der Waals surface area contributed by atoms with Gasteiger partial charge in [0.25, 0.3) is 0 Å². The fourth-order valence-corrected chi connectivity index (χ4v) is 2.20. The van der Waals surface area contributed by atoms with Gasteiger partial charge in [0.1, 0.15) is 0 Å². The molecule has 0 radical (unpaired) electrons. The zero-order valence-electron chi connectivity index (χ0n) is 9.47. The van der Waals surface area contributed by atoms with Crippen LogP contribution in [0.3, 0.4) is 0 Å². The van der Waals surface area contributed by atoms with Crippen molar-refractivity contribution in [3.8, 4) is 6.07 Å². The van der Waals surface area contributed by atoms with Crippen LogP contribution in [0.1, 0.15) is 32.0 Å². The molecule has 0 aliphatic carbocycles. The van der Waals surface area contributed by atoms with E-state index in [2.05, 4.69) is 30.1 Å². The number of hydrogen-bond acceptors (Lipinski definition) is 6. The summed E-state index contributed by atoms with van der Waals surface area (Å²) in [6.07, 6.45) is 1.15. The molecule has 1 rings (SSSR count). The summed E-state index contributed by atoms with van der Waals surface area (Å²) in [6, 6.07) is 2.06. The molecule has 6 heteroatoms. The summed E-state index contributed by atoms with van der Waals surface area (Å²) < 4.78 is 5.07. The van der Waals surface area contributed by atoms with Gasteiger partial charge in [0.05, 0.1) is 23.3 Å². The molecule has 4 nitrogen and oxygen atoms in total. The highest BCUT2D eigenvalue weighted by atomic mass is 32.2. The van der Waals surface area contributed by atoms with E-state index in [1.165, 1.54) is 11.8 Å². The van der Waals surface area contributed by atoms with E-state index < -0.39 is 0 Å². The Kier molecular flexibility index (Phi) is 6.34. The molecule has 0 fully saturated rings. The van der Waals surface area contributed by atoms with Gasteiger partial charge in [-0.25, -0.2) is 0 Å². The van der Waals surface area contributed by atoms with Gasteiger partial charge in [-0.2, -0.15) is 22.0 Å². The van der Waals surface area contributed by atoms with Crippen LogP contribution in [0.15, 0.2) is 4.52 Å². The molecule has 1 atom stereocenters. The maximum atomic E-state index is 8.38. The molecule has 16 heavy (non-hydrogen) atoms. The minimum Gasteiger partial charge on any atom is -0.338 e. The first-order chi connectivity index (χ1) is 7.76. The number of thioether (sulfide) groups is 2. The molecular weight excluding hydrogens is 242 g/mol. The fraction of sp³-hybridized carbons (Fsp3) is 0.700. The molecule has 0 aromatic carbocycles. The van der Waals surface area contributed by atoms with Gasteiger partial charge >= 0.3 is 0 Å². The second kappa shape index (κ2) is 7.58. The van der Waals surface area contributed by atoms with E-state index in [-0.39, 0.29) is 0 Å². The average molecular weight is 257 g/mol. The third-order valence-corrected chi connectivity index (χ3v) is 4.09. The molecule has 1 heterocycles. The molecule has 0 N–H and O–H groups in total. The van der Waals surface area contributed by atoms with Crippen LogP contribution in [0.4, 0.5) is 0 Å². The number of nitrogens with zero attached hydrogens (tertiary/aromatic N) is 3. The van der Waals surface area contributed by atoms with Crippen molar-refractivity contribution < 1.29 is 4.52 Å². The summed E-state index contributed by atoms with van der Waals surface area (Å²) >= 11 is 3.31. The van der Waals surface area contributed by atoms with Crippen LogP contribution >= 0.6 is 23.5 Å². The zero-order chi connectivity index (χ0) is 11.8. The van der Waals surface area contributed by atoms with Gasteiger partial charge in [-0.15, -0.1) is 11.8 Å². The van der Waals surface area contributed by atoms with E-state index in [9.17, 15) is 0 Å². The van der Waals surface area contributed by atoms with Crippen molar-refractivity contribution in [3.63, 3.8) is 0 Å². The number of hydrogen-bond donors (Lipinski definition) is 0. The molecule has 0 saturated heterocycles. The van der Waals surface area contributed by atoms with E-state index in [0.717, 1.165) is 18.0 Å². The van der Waals surface area contributed by atoms with Crippen LogP contribution < -0.4 is 0 Å². The van der Waals surface area contributed by atoms with E-state index in [0.29, 0.717) is 22.6 Å². The third-order valence-electron chi connectivity index (χ3n) is 1.97. The predicted molar refractivity (Wildman–Crippen MR) is 67.1 cm³/mol. The minimum atomic E-state index is 0.458. The van der Waals surface area contributed by atoms with Crippen LogP contribution in [0.25, 0.3) is 0 Å². The Morgan fingerprint density at radius 1 is 1.50 bits per heavy atom. The molecule has 1 aromatic heterocycles. The van der Waals surface area contributed by atoms with Crippen molar-refractivity contribution >= 4 is 23.5 Å². The second-order valence-electron chi connectivity index (χ2n) is 3.29. The molecular formula is C10H15N3OS2. The first kappa shape index (κ1) is 13.4. The Bertz CT molecular complexity index is 348. The molecule has 0 amide bonds. The highest BCUT2D eigenvalue weighted by Crippen LogP contribution is 2.18. The Labute approximate surface area is 104 Å². The van der Waals surface area contributed by atoms with E-state index >= 15 is 0 Å². The monoisotopic (exact) mass is 257 g/mol. The van der Waals surface area contributed by atoms with Gasteiger partial charge in [-0.3, -0.25) is 0 Å². The topological polar surface area (TPSA) is 62.7 Å². The van der Waals surface area contributed by atoms with Crippen LogP contribution in [-0.4, -0.2) is 21.1 Å². The van der Waals surface area contributed by atoms with Gasteiger partial charge in [-0.05, 0) is 6.42 Å². The fourth-order valence-electron chi connectivity index (χ4n) is 0.926. The highest BCUT2D eigenvalue weighted by molar-refractivity contribution is 7.99. The lowest BCUT2D eigenvalue weighted by molar-refractivity contribution is 0.386. The Morgan fingerprint density at radius 2 is 2.31 bits per heavy atom. The maximum absolute atomic E-state index is 8.38. The van der Waals surface area contributed by atoms with Crippen molar-refractivity contribution in [2.75, 3.05) is 5.75 Å². The smallest absolute Gasteiger partial charge is 0.236 e. The van der Waals surface area contributed by atoms with E-state index in [1.807, 2.05) is 11.8 Å². The van der Waals surface area contributed by atoms with Gasteiger partial charge < -0.3 is 4.52 Å². The van der Waals surface area contributed by atoms with Gasteiger partial charge in [0.2, 0.25) is 5.89 Å². The number of nitriles is 1. The first-order valence-electron chi connectivity index (χ1n) is 5.14. The van der Waals surface area contributed by atoms with Gasteiger partial charge in [-0.1, -0.05) is 19.0 Å². The Balaban J connectivity index is 2.31. The molecule has 0 saturated carbocycles. The van der Waals surface area contributed by atoms with Crippen LogP contribution in [0.2, 0.25) is 0 Å². The summed E-state index contributed by atoms with van der Waals surface area (Å²) in [5, 5.41) is 12.9. The van der Waals surface area contributed by atoms with Crippen molar-refractivity contribution in [1.29, 1.82) is 5.26 Å². The second-order valence-corrected chi connectivity index (χ2v) is 5.70. The average Bonchev–Trinajstić information content (AvgIpc) is 2.74. The van der Waals surface area contributed by atoms with Crippen LogP contribution in [0.5, 0.6) is 0 Å². The van der Waals surface area contributed by atoms with Gasteiger partial charge in [0, 0.05) is 5.25 Å². The largest absolute Gasteiger partial charge is 0.338 e. The predicted octanol–water partition coefficient (Wildman–Crippen LogP) is 2.86. The van der Waals surface area contributed by atoms with Crippen molar-refractivity contribution in [2.24, 2.45) is 0 Å². The maximum Gasteiger partial charge on any atom is 0.236 e. The van der Waals surface area contributed by atoms with Crippen molar-refractivity contribution in [1.82, 2.24) is 10.1 Å². The number of rotatable bonds is 7. The van der Waals surface area contributed by atoms with Crippen LogP contribution in [0, 0.1) is 11.3 Å². The summed E-state index contributed by atoms with van der Waals surface area (Å²) in [4.78, 5) is 4.26. The highest BCUT2D eigenvalue weighted by Gasteiger charge is 2.08. The van der Waals surface area contributed by atoms with E-state index in [1.54, 1.807) is 0 Å². The zero-order valence-corrected chi connectivity index (χ0v) is 11.1. The molecule has 0 aliphatic heterocycles. The van der Waals surface area contributed by atoms with Gasteiger partial charge in [0.15, 0.2) is 5.82 Å². The lowest BCUT2D eigenvalue weighted by Crippen LogP contribution is -1.95. The lowest BCUT2D eigenvalue weighted by atomic mass is 10.4. The SMILES string of the molecule is CCC(C)SCc1noc(CSCC#N)n1. The molecule has 0 bridgehead atoms. The summed E-state index contributed by atoms with van der Waals surface area (Å²) in [5.41, 5.74) is 0. The lowest BCUT2D eigenvalue weighted by Gasteiger charge is -2.04. The van der Waals surface area contributed by atoms with Crippen LogP contribution in [-0.2, 0) is 11.5 Å². The third kappa shape index (κ3) is 4.90. The molecule has 88 valence electrons. The minimum absolute atomic E-state index is 0.458. The normalized spacial score (nSPS) is 12.3. The molecule has 1 unspecified atom stereocenters. The standard InChI is InChI=1S/C10H15N3OS2/c1-3-8(2)16-6-9-12-10(14-13-9)7-15-5-4-11/h8H,3,5-7H2,1-2H3. The summed E-state index contributed by atoms with van der Waals surface area (Å²) in [7, 11) is 0. The summed E-state index contributed by atoms with van der Waals surface area (Å²) in [5.74, 6) is 3.23. The first-order valence-corrected chi connectivity index (χ1v) is 7.34. The van der Waals surface area contributed by atoms with Crippen molar-refractivity contribution in [3.05, 3.63) is 11.7 Å². The van der Waals surface area contributed by atoms with E-state index in [4.69, 9.17) is 9.78 Å². The summed E-state index contributed by atoms with van der Waals surface area (Å²) in [6.45, 7) is 4.35. The Hall–Kier alpha value is -0.670. The molecule has 0 spiro atoms. The Morgan fingerprint density at radius 3 is 3.00 bits per heavy atom. The molecule has 0 aliphatic rings. The number of aromatic nitrogens is 2.